The minimum atomic E-state index is -1.81. The molecule has 1 nitrogen and oxygen atoms in total. The Labute approximate surface area is 368 Å². The fourth-order valence-corrected chi connectivity index (χ4v) is 13.9. The van der Waals surface area contributed by atoms with Gasteiger partial charge in [-0.2, -0.15) is 0 Å². The molecule has 2 radical (unpaired) electrons. The molecule has 0 aliphatic rings. The van der Waals surface area contributed by atoms with Crippen LogP contribution in [-0.2, 0) is 47.4 Å². The summed E-state index contributed by atoms with van der Waals surface area (Å²) in [6.45, 7) is 56.7. The second-order valence-electron chi connectivity index (χ2n) is 25.8. The number of rotatable bonds is 6. The molecule has 0 aliphatic carbocycles. The monoisotopic (exact) mass is 829 g/mol. The van der Waals surface area contributed by atoms with E-state index in [1.165, 1.54) is 65.3 Å². The molecule has 59 heavy (non-hydrogen) atoms. The summed E-state index contributed by atoms with van der Waals surface area (Å²) in [5.74, 6) is 0. The predicted octanol–water partition coefficient (Wildman–Crippen LogP) is 13.0. The van der Waals surface area contributed by atoms with Crippen molar-refractivity contribution in [2.24, 2.45) is 0 Å². The zero-order chi connectivity index (χ0) is 45.3. The van der Waals surface area contributed by atoms with Gasteiger partial charge in [0.05, 0.1) is 0 Å². The van der Waals surface area contributed by atoms with Gasteiger partial charge < -0.3 is 4.12 Å². The highest BCUT2D eigenvalue weighted by molar-refractivity contribution is 6.91. The van der Waals surface area contributed by atoms with E-state index >= 15 is 0 Å². The Kier molecular flexibility index (Phi) is 13.4. The van der Waals surface area contributed by atoms with Gasteiger partial charge in [-0.05, 0) is 109 Å². The van der Waals surface area contributed by atoms with Crippen LogP contribution < -0.4 is 20.7 Å². The molecule has 0 aliphatic heterocycles. The zero-order valence-corrected chi connectivity index (χ0v) is 44.3. The smallest absolute Gasteiger partial charge is 0.272 e. The summed E-state index contributed by atoms with van der Waals surface area (Å²) < 4.78 is 8.17. The van der Waals surface area contributed by atoms with Gasteiger partial charge in [-0.3, -0.25) is 0 Å². The van der Waals surface area contributed by atoms with Gasteiger partial charge in [-0.25, -0.2) is 0 Å². The normalized spacial score (nSPS) is 14.1. The van der Waals surface area contributed by atoms with E-state index in [-0.39, 0.29) is 43.3 Å². The lowest BCUT2D eigenvalue weighted by atomic mass is 9.75. The molecule has 0 saturated heterocycles. The summed E-state index contributed by atoms with van der Waals surface area (Å²) in [4.78, 5) is 0. The van der Waals surface area contributed by atoms with Crippen LogP contribution in [-0.4, -0.2) is 18.1 Å². The molecule has 0 atom stereocenters. The van der Waals surface area contributed by atoms with Crippen LogP contribution in [0.25, 0.3) is 0 Å². The molecule has 4 aromatic carbocycles. The van der Waals surface area contributed by atoms with Gasteiger partial charge >= 0.3 is 0 Å². The molecule has 0 spiro atoms. The first-order valence-electron chi connectivity index (χ1n) is 22.4. The molecular formula is C56H84OSi2. The average molecular weight is 829 g/mol. The minimum Gasteiger partial charge on any atom is -0.442 e. The fourth-order valence-electron chi connectivity index (χ4n) is 8.51. The molecule has 0 saturated carbocycles. The Morgan fingerprint density at radius 2 is 0.390 bits per heavy atom. The Bertz CT molecular complexity index is 1810. The molecule has 4 aromatic rings. The first kappa shape index (κ1) is 48.9. The van der Waals surface area contributed by atoms with E-state index in [9.17, 15) is 0 Å². The Hall–Kier alpha value is -2.73. The van der Waals surface area contributed by atoms with Crippen LogP contribution in [0.15, 0.2) is 72.8 Å². The Balaban J connectivity index is 2.20. The SMILES string of the molecule is CC(C)(C)c1ccc([Si](O[Si](c2ccc(C(C)(C)C)c(C(C)(C)C)c2)c2ccc(C(C)(C)C)c(C(C)(C)C)c2)c2ccc(C(C)(C)C)c(C(C)(C)C)c2)cc1C(C)(C)C. The maximum atomic E-state index is 8.17. The van der Waals surface area contributed by atoms with E-state index in [4.69, 9.17) is 4.12 Å². The molecule has 0 amide bonds. The van der Waals surface area contributed by atoms with Crippen molar-refractivity contribution in [3.05, 3.63) is 117 Å². The summed E-state index contributed by atoms with van der Waals surface area (Å²) in [6.07, 6.45) is 0. The maximum Gasteiger partial charge on any atom is 0.272 e. The average Bonchev–Trinajstić information content (AvgIpc) is 3.04. The molecule has 4 rings (SSSR count). The molecule has 0 aromatic heterocycles. The van der Waals surface area contributed by atoms with E-state index in [1.807, 2.05) is 0 Å². The fraction of sp³-hybridized carbons (Fsp3) is 0.571. The second-order valence-corrected chi connectivity index (χ2v) is 30.2. The van der Waals surface area contributed by atoms with Crippen molar-refractivity contribution in [1.82, 2.24) is 0 Å². The van der Waals surface area contributed by atoms with E-state index < -0.39 is 18.1 Å². The van der Waals surface area contributed by atoms with Crippen LogP contribution in [0, 0.1) is 0 Å². The van der Waals surface area contributed by atoms with Crippen molar-refractivity contribution < 1.29 is 4.12 Å². The molecular weight excluding hydrogens is 745 g/mol. The molecule has 0 fully saturated rings. The van der Waals surface area contributed by atoms with Gasteiger partial charge in [0.15, 0.2) is 0 Å². The van der Waals surface area contributed by atoms with E-state index in [2.05, 4.69) is 239 Å². The van der Waals surface area contributed by atoms with Crippen LogP contribution in [0.1, 0.15) is 211 Å². The summed E-state index contributed by atoms with van der Waals surface area (Å²) in [5.41, 5.74) is 11.3. The van der Waals surface area contributed by atoms with Gasteiger partial charge in [-0.15, -0.1) is 0 Å². The molecule has 0 unspecified atom stereocenters. The number of benzene rings is 4. The van der Waals surface area contributed by atoms with Crippen LogP contribution in [0.3, 0.4) is 0 Å². The maximum absolute atomic E-state index is 8.17. The lowest BCUT2D eigenvalue weighted by Crippen LogP contribution is -2.56. The highest BCUT2D eigenvalue weighted by atomic mass is 28.4. The third-order valence-corrected chi connectivity index (χ3v) is 16.8. The summed E-state index contributed by atoms with van der Waals surface area (Å²) in [7, 11) is -3.61. The molecule has 3 heteroatoms. The third kappa shape index (κ3) is 11.4. The van der Waals surface area contributed by atoms with Crippen LogP contribution in [0.4, 0.5) is 0 Å². The number of hydrogen-bond acceptors (Lipinski definition) is 1. The highest BCUT2D eigenvalue weighted by Crippen LogP contribution is 2.37. The molecule has 0 N–H and O–H groups in total. The van der Waals surface area contributed by atoms with Gasteiger partial charge in [0.25, 0.3) is 18.1 Å². The van der Waals surface area contributed by atoms with Crippen molar-refractivity contribution in [2.75, 3.05) is 0 Å². The van der Waals surface area contributed by atoms with Gasteiger partial charge in [0.1, 0.15) is 0 Å². The van der Waals surface area contributed by atoms with E-state index in [0.29, 0.717) is 0 Å². The van der Waals surface area contributed by atoms with Crippen molar-refractivity contribution in [3.63, 3.8) is 0 Å². The quantitative estimate of drug-likeness (QED) is 0.176. The molecule has 322 valence electrons. The lowest BCUT2D eigenvalue weighted by Gasteiger charge is -2.35. The standard InChI is InChI=1S/C56H84OSi2/c1-49(2,3)41-29-25-37(33-45(41)53(13,14)15)58(38-26-30-42(50(4,5)6)46(34-38)54(16,17)18)57-59(39-27-31-43(51(7,8)9)47(35-39)55(19,20)21)40-28-32-44(52(10,11)12)48(36-40)56(22,23)24/h25-36H,1-24H3. The van der Waals surface area contributed by atoms with Gasteiger partial charge in [0, 0.05) is 0 Å². The van der Waals surface area contributed by atoms with E-state index in [0.717, 1.165) is 0 Å². The lowest BCUT2D eigenvalue weighted by molar-refractivity contribution is 0.529. The second kappa shape index (κ2) is 16.2. The van der Waals surface area contributed by atoms with Crippen molar-refractivity contribution in [1.29, 1.82) is 0 Å². The largest absolute Gasteiger partial charge is 0.442 e. The van der Waals surface area contributed by atoms with Crippen molar-refractivity contribution in [2.45, 2.75) is 209 Å². The summed E-state index contributed by atoms with van der Waals surface area (Å²) >= 11 is 0. The minimum absolute atomic E-state index is 0.0218. The van der Waals surface area contributed by atoms with Gasteiger partial charge in [0.2, 0.25) is 0 Å². The molecule has 0 bridgehead atoms. The topological polar surface area (TPSA) is 9.23 Å². The van der Waals surface area contributed by atoms with Gasteiger partial charge in [-0.1, -0.05) is 239 Å². The van der Waals surface area contributed by atoms with Crippen LogP contribution in [0.2, 0.25) is 0 Å². The third-order valence-electron chi connectivity index (χ3n) is 11.8. The van der Waals surface area contributed by atoms with Crippen molar-refractivity contribution in [3.8, 4) is 0 Å². The zero-order valence-electron chi connectivity index (χ0n) is 42.3. The predicted molar refractivity (Wildman–Crippen MR) is 266 cm³/mol. The highest BCUT2D eigenvalue weighted by Gasteiger charge is 2.36. The summed E-state index contributed by atoms with van der Waals surface area (Å²) in [6, 6.07) is 29.5. The first-order valence-corrected chi connectivity index (χ1v) is 25.2. The van der Waals surface area contributed by atoms with E-state index in [1.54, 1.807) is 0 Å². The summed E-state index contributed by atoms with van der Waals surface area (Å²) in [5, 5.41) is 5.29. The van der Waals surface area contributed by atoms with Crippen LogP contribution >= 0.6 is 0 Å². The van der Waals surface area contributed by atoms with Crippen molar-refractivity contribution >= 4 is 38.8 Å². The Morgan fingerprint density at radius 1 is 0.237 bits per heavy atom. The molecule has 0 heterocycles. The number of hydrogen-bond donors (Lipinski definition) is 0. The first-order chi connectivity index (χ1) is 26.3. The van der Waals surface area contributed by atoms with Crippen LogP contribution in [0.5, 0.6) is 0 Å². The Morgan fingerprint density at radius 3 is 0.525 bits per heavy atom.